The molecule has 7 rings (SSSR count). The molecule has 0 unspecified atom stereocenters. The first kappa shape index (κ1) is 49.2. The number of hydrogen-bond acceptors (Lipinski definition) is 2. The second-order valence-electron chi connectivity index (χ2n) is 14.0. The summed E-state index contributed by atoms with van der Waals surface area (Å²) in [7, 11) is 0. The number of ketones is 2. The van der Waals surface area contributed by atoms with Gasteiger partial charge in [-0.1, -0.05) is 48.5 Å². The highest BCUT2D eigenvalue weighted by atomic mass is 19.2. The molecular weight excluding hydrogens is 953 g/mol. The van der Waals surface area contributed by atoms with Crippen LogP contribution >= 0.6 is 0 Å². The molecule has 0 aliphatic heterocycles. The lowest BCUT2D eigenvalue weighted by molar-refractivity contribution is -0.683. The van der Waals surface area contributed by atoms with E-state index in [1.54, 1.807) is 22.9 Å². The molecule has 6 aromatic carbocycles. The molecule has 3 nitrogen and oxygen atoms in total. The number of benzene rings is 6. The normalized spacial score (nSPS) is 11.5. The molecule has 0 radical (unpaired) electrons. The number of halogens is 20. The van der Waals surface area contributed by atoms with Gasteiger partial charge in [0, 0.05) is 18.6 Å². The molecule has 0 saturated carbocycles. The van der Waals surface area contributed by atoms with Gasteiger partial charge in [-0.15, -0.1) is 21.9 Å². The number of nitrogens with zero attached hydrogens (tertiary/aromatic N) is 1. The van der Waals surface area contributed by atoms with Crippen LogP contribution < -0.4 is 26.4 Å². The molecule has 24 heteroatoms. The van der Waals surface area contributed by atoms with Crippen molar-refractivity contribution >= 4 is 50.3 Å². The Balaban J connectivity index is 0.000000279. The highest BCUT2D eigenvalue weighted by molar-refractivity contribution is 7.20. The molecule has 7 aromatic rings. The smallest absolute Gasteiger partial charge is 0.256 e. The number of fused-ring (bicyclic) bond motifs is 1. The van der Waals surface area contributed by atoms with E-state index in [9.17, 15) is 62.3 Å². The average Bonchev–Trinajstić information content (AvgIpc) is 3.31. The van der Waals surface area contributed by atoms with Crippen molar-refractivity contribution in [3.8, 4) is 0 Å². The van der Waals surface area contributed by atoms with Gasteiger partial charge in [0.2, 0.25) is 18.1 Å². The Hall–Kier alpha value is -7.27. The van der Waals surface area contributed by atoms with Gasteiger partial charge in [0.1, 0.15) is 52.7 Å². The highest BCUT2D eigenvalue weighted by Gasteiger charge is 2.52. The van der Waals surface area contributed by atoms with E-state index < -0.39 is 144 Å². The summed E-state index contributed by atoms with van der Waals surface area (Å²) in [5.41, 5.74) is -13.1. The predicted octanol–water partition coefficient (Wildman–Crippen LogP) is 9.06. The lowest BCUT2D eigenvalue weighted by atomic mass is 9.12. The van der Waals surface area contributed by atoms with E-state index in [-0.39, 0.29) is 18.1 Å². The Labute approximate surface area is 360 Å². The second-order valence-corrected chi connectivity index (χ2v) is 14.0. The van der Waals surface area contributed by atoms with Gasteiger partial charge in [-0.25, -0.2) is 87.8 Å². The number of pyridine rings is 1. The van der Waals surface area contributed by atoms with Crippen LogP contribution in [0.1, 0.15) is 27.8 Å². The molecule has 0 atom stereocenters. The topological polar surface area (TPSA) is 38.0 Å². The molecule has 348 valence electrons. The quantitative estimate of drug-likeness (QED) is 0.0381. The summed E-state index contributed by atoms with van der Waals surface area (Å²) in [4.78, 5) is 24.5. The van der Waals surface area contributed by atoms with E-state index in [1.165, 1.54) is 6.92 Å². The van der Waals surface area contributed by atoms with Gasteiger partial charge >= 0.3 is 0 Å². The number of hydrogen-bond donors (Lipinski definition) is 0. The first-order chi connectivity index (χ1) is 31.4. The van der Waals surface area contributed by atoms with Gasteiger partial charge in [-0.2, -0.15) is 4.57 Å². The van der Waals surface area contributed by atoms with Crippen molar-refractivity contribution in [3.05, 3.63) is 194 Å². The van der Waals surface area contributed by atoms with E-state index in [2.05, 4.69) is 0 Å². The van der Waals surface area contributed by atoms with Gasteiger partial charge in [0.25, 0.3) is 5.69 Å². The number of carbonyl (C=O) groups excluding carboxylic acids is 2. The van der Waals surface area contributed by atoms with E-state index in [4.69, 9.17) is 0 Å². The molecule has 0 aliphatic carbocycles. The molecule has 0 spiro atoms. The number of Topliss-reactive ketones (excluding diaryl/α,β-unsaturated/α-hetero) is 2. The summed E-state index contributed by atoms with van der Waals surface area (Å²) in [6.45, 7) is 1.69. The van der Waals surface area contributed by atoms with Crippen molar-refractivity contribution in [2.24, 2.45) is 0 Å². The maximum atomic E-state index is 15.4. The first-order valence-corrected chi connectivity index (χ1v) is 18.1. The summed E-state index contributed by atoms with van der Waals surface area (Å²) >= 11 is 0. The van der Waals surface area contributed by atoms with E-state index in [1.807, 2.05) is 48.5 Å². The molecule has 1 heterocycles. The third-order valence-corrected chi connectivity index (χ3v) is 10.4. The number of carbonyl (C=O) groups is 2. The Bertz CT molecular complexity index is 2840. The van der Waals surface area contributed by atoms with Crippen molar-refractivity contribution in [1.29, 1.82) is 0 Å². The van der Waals surface area contributed by atoms with Crippen LogP contribution in [0.5, 0.6) is 0 Å². The minimum absolute atomic E-state index is 0.0108. The maximum absolute atomic E-state index is 15.4. The Morgan fingerprint density at radius 2 is 0.672 bits per heavy atom. The molecule has 0 bridgehead atoms. The van der Waals surface area contributed by atoms with Crippen LogP contribution in [0.25, 0.3) is 10.8 Å². The number of aromatic nitrogens is 1. The van der Waals surface area contributed by atoms with Crippen LogP contribution in [0.3, 0.4) is 0 Å². The van der Waals surface area contributed by atoms with E-state index in [0.717, 1.165) is 10.8 Å². The summed E-state index contributed by atoms with van der Waals surface area (Å²) < 4.78 is 296. The zero-order valence-corrected chi connectivity index (χ0v) is 32.5. The maximum Gasteiger partial charge on any atom is 0.256 e. The zero-order valence-electron chi connectivity index (χ0n) is 32.5. The van der Waals surface area contributed by atoms with Crippen molar-refractivity contribution in [1.82, 2.24) is 0 Å². The van der Waals surface area contributed by atoms with Gasteiger partial charge < -0.3 is 0 Å². The van der Waals surface area contributed by atoms with Crippen LogP contribution in [0.4, 0.5) is 87.8 Å². The predicted molar refractivity (Wildman–Crippen MR) is 194 cm³/mol. The third-order valence-electron chi connectivity index (χ3n) is 10.4. The van der Waals surface area contributed by atoms with E-state index >= 15 is 35.1 Å². The molecule has 0 aliphatic rings. The fourth-order valence-corrected chi connectivity index (χ4v) is 7.53. The Morgan fingerprint density at radius 3 is 0.985 bits per heavy atom. The van der Waals surface area contributed by atoms with Crippen LogP contribution in [0.15, 0.2) is 66.9 Å². The standard InChI is InChI=1S/C24BF20.C19H16NO2/c26-5-1(6(27)14(35)21(42)13(5)34)25(2-7(28)15(36)22(43)16(37)8(2)29,3-9(30)17(38)23(44)18(39)10(3)31)4-11(32)19(40)24(45)20(41)12(4)33;1-14(21)19-17-10-6-5-7-15(17)11-12-20(19)13-18(22)16-8-3-2-4-9-16/h;2-12H,13H2,1H3/q-1;+1. The van der Waals surface area contributed by atoms with Crippen molar-refractivity contribution in [3.63, 3.8) is 0 Å². The fourth-order valence-electron chi connectivity index (χ4n) is 7.53. The largest absolute Gasteiger partial charge is 0.288 e. The van der Waals surface area contributed by atoms with Crippen LogP contribution in [-0.4, -0.2) is 17.7 Å². The summed E-state index contributed by atoms with van der Waals surface area (Å²) in [6.07, 6.45) is -5.41. The average molecular weight is 969 g/mol. The lowest BCUT2D eigenvalue weighted by Gasteiger charge is -2.44. The van der Waals surface area contributed by atoms with Crippen molar-refractivity contribution in [2.45, 2.75) is 13.5 Å². The van der Waals surface area contributed by atoms with Gasteiger partial charge in [0.15, 0.2) is 76.0 Å². The minimum atomic E-state index is -7.22. The zero-order chi connectivity index (χ0) is 49.9. The van der Waals surface area contributed by atoms with E-state index in [0.29, 0.717) is 11.3 Å². The Kier molecular flexibility index (Phi) is 13.4. The number of rotatable bonds is 8. The first-order valence-electron chi connectivity index (χ1n) is 18.1. The van der Waals surface area contributed by atoms with Gasteiger partial charge in [-0.3, -0.25) is 9.59 Å². The van der Waals surface area contributed by atoms with Crippen LogP contribution in [-0.2, 0) is 6.54 Å². The van der Waals surface area contributed by atoms with Gasteiger partial charge in [0.05, 0.1) is 5.39 Å². The second kappa shape index (κ2) is 18.2. The molecule has 0 amide bonds. The third kappa shape index (κ3) is 7.70. The molecule has 0 N–H and O–H groups in total. The Morgan fingerprint density at radius 1 is 0.388 bits per heavy atom. The van der Waals surface area contributed by atoms with Gasteiger partial charge in [-0.05, 0) is 11.5 Å². The van der Waals surface area contributed by atoms with Crippen LogP contribution in [0.2, 0.25) is 0 Å². The van der Waals surface area contributed by atoms with Crippen molar-refractivity contribution in [2.75, 3.05) is 0 Å². The molecule has 1 aromatic heterocycles. The van der Waals surface area contributed by atoms with Crippen molar-refractivity contribution < 1.29 is 102 Å². The van der Waals surface area contributed by atoms with Crippen LogP contribution in [0, 0.1) is 116 Å². The summed E-state index contributed by atoms with van der Waals surface area (Å²) in [6, 6.07) is 18.8. The monoisotopic (exact) mass is 969 g/mol. The summed E-state index contributed by atoms with van der Waals surface area (Å²) in [5, 5.41) is 1.87. The molecule has 67 heavy (non-hydrogen) atoms. The fraction of sp³-hybridized carbons (Fsp3) is 0.0465. The lowest BCUT2D eigenvalue weighted by Crippen LogP contribution is -2.81. The molecule has 0 saturated heterocycles. The summed E-state index contributed by atoms with van der Waals surface area (Å²) in [5.74, 6) is -71.5. The SMILES string of the molecule is CC(=O)c1c2ccccc2cc[n+]1CC(=O)c1ccccc1.Fc1c(F)c(F)c([B-](c2c(F)c(F)c(F)c(F)c2F)(c2c(F)c(F)c(F)c(F)c2F)c2c(F)c(F)c(F)c(F)c2F)c(F)c1F. The highest BCUT2D eigenvalue weighted by Crippen LogP contribution is 2.31. The molecule has 0 fully saturated rings. The minimum Gasteiger partial charge on any atom is -0.288 e. The molecular formula is C43H16BF20NO2.